The maximum absolute atomic E-state index is 11.0. The molecule has 0 aromatic heterocycles. The first-order chi connectivity index (χ1) is 8.11. The van der Waals surface area contributed by atoms with Gasteiger partial charge in [0.05, 0.1) is 12.1 Å². The second-order valence-corrected chi connectivity index (χ2v) is 4.44. The maximum atomic E-state index is 11.0. The number of carbonyl (C=O) groups excluding carboxylic acids is 1. The molecule has 1 aromatic rings. The average Bonchev–Trinajstić information content (AvgIpc) is 2.34. The summed E-state index contributed by atoms with van der Waals surface area (Å²) >= 11 is 0. The molecular formula is C14H21NO2. The molecule has 0 fully saturated rings. The Morgan fingerprint density at radius 2 is 1.94 bits per heavy atom. The van der Waals surface area contributed by atoms with Gasteiger partial charge in [0, 0.05) is 0 Å². The predicted molar refractivity (Wildman–Crippen MR) is 68.7 cm³/mol. The third kappa shape index (κ3) is 5.11. The lowest BCUT2D eigenvalue weighted by atomic mass is 10.0. The Balaban J connectivity index is 2.18. The van der Waals surface area contributed by atoms with Crippen LogP contribution in [-0.4, -0.2) is 23.0 Å². The van der Waals surface area contributed by atoms with Crippen molar-refractivity contribution < 1.29 is 9.90 Å². The molecule has 3 nitrogen and oxygen atoms in total. The predicted octanol–water partition coefficient (Wildman–Crippen LogP) is 1.68. The van der Waals surface area contributed by atoms with Gasteiger partial charge < -0.3 is 10.8 Å². The zero-order valence-electron chi connectivity index (χ0n) is 10.3. The highest BCUT2D eigenvalue weighted by Gasteiger charge is 2.18. The first-order valence-electron chi connectivity index (χ1n) is 6.09. The number of aliphatic hydroxyl groups is 1. The van der Waals surface area contributed by atoms with Gasteiger partial charge in [-0.2, -0.15) is 0 Å². The summed E-state index contributed by atoms with van der Waals surface area (Å²) in [5.74, 6) is -0.152. The molecule has 94 valence electrons. The van der Waals surface area contributed by atoms with Crippen molar-refractivity contribution in [2.45, 2.75) is 44.8 Å². The van der Waals surface area contributed by atoms with Crippen molar-refractivity contribution in [2.24, 2.45) is 5.73 Å². The van der Waals surface area contributed by atoms with E-state index in [-0.39, 0.29) is 5.78 Å². The Labute approximate surface area is 103 Å². The van der Waals surface area contributed by atoms with Crippen LogP contribution in [0.3, 0.4) is 0 Å². The van der Waals surface area contributed by atoms with Crippen LogP contribution in [0.25, 0.3) is 0 Å². The Hall–Kier alpha value is -1.19. The molecule has 1 rings (SSSR count). The third-order valence-electron chi connectivity index (χ3n) is 2.94. The van der Waals surface area contributed by atoms with Crippen LogP contribution in [0.15, 0.2) is 30.3 Å². The van der Waals surface area contributed by atoms with Gasteiger partial charge >= 0.3 is 0 Å². The smallest absolute Gasteiger partial charge is 0.149 e. The number of aliphatic hydroxyl groups excluding tert-OH is 1. The molecule has 17 heavy (non-hydrogen) atoms. The van der Waals surface area contributed by atoms with Crippen LogP contribution < -0.4 is 5.73 Å². The molecule has 2 unspecified atom stereocenters. The molecule has 3 heteroatoms. The van der Waals surface area contributed by atoms with E-state index in [1.807, 2.05) is 18.2 Å². The summed E-state index contributed by atoms with van der Waals surface area (Å²) < 4.78 is 0. The lowest BCUT2D eigenvalue weighted by Gasteiger charge is -2.15. The van der Waals surface area contributed by atoms with Gasteiger partial charge in [-0.25, -0.2) is 0 Å². The van der Waals surface area contributed by atoms with Crippen molar-refractivity contribution in [3.8, 4) is 0 Å². The quantitative estimate of drug-likeness (QED) is 0.707. The van der Waals surface area contributed by atoms with E-state index in [0.29, 0.717) is 6.42 Å². The molecule has 2 atom stereocenters. The standard InChI is InChI=1S/C14H21NO2/c1-11(16)14(15)13(17)10-6-5-9-12-7-3-2-4-8-12/h2-4,7-8,13-14,17H,5-6,9-10,15H2,1H3. The fraction of sp³-hybridized carbons (Fsp3) is 0.500. The molecule has 0 spiro atoms. The molecular weight excluding hydrogens is 214 g/mol. The van der Waals surface area contributed by atoms with Crippen LogP contribution in [0.5, 0.6) is 0 Å². The second kappa shape index (κ2) is 7.20. The number of unbranched alkanes of at least 4 members (excludes halogenated alkanes) is 1. The fourth-order valence-electron chi connectivity index (χ4n) is 1.78. The highest BCUT2D eigenvalue weighted by Crippen LogP contribution is 2.09. The van der Waals surface area contributed by atoms with Crippen molar-refractivity contribution >= 4 is 5.78 Å². The zero-order chi connectivity index (χ0) is 12.7. The molecule has 3 N–H and O–H groups in total. The van der Waals surface area contributed by atoms with Gasteiger partial charge in [0.1, 0.15) is 5.78 Å². The minimum absolute atomic E-state index is 0.152. The number of nitrogens with two attached hydrogens (primary N) is 1. The molecule has 0 radical (unpaired) electrons. The topological polar surface area (TPSA) is 63.3 Å². The molecule has 0 aliphatic carbocycles. The summed E-state index contributed by atoms with van der Waals surface area (Å²) in [5.41, 5.74) is 6.86. The zero-order valence-corrected chi connectivity index (χ0v) is 10.3. The number of Topliss-reactive ketones (excluding diaryl/α,β-unsaturated/α-hetero) is 1. The van der Waals surface area contributed by atoms with Crippen molar-refractivity contribution in [3.63, 3.8) is 0 Å². The van der Waals surface area contributed by atoms with E-state index in [4.69, 9.17) is 5.73 Å². The summed E-state index contributed by atoms with van der Waals surface area (Å²) in [6.07, 6.45) is 2.78. The number of hydrogen-bond donors (Lipinski definition) is 2. The van der Waals surface area contributed by atoms with Crippen molar-refractivity contribution in [2.75, 3.05) is 0 Å². The van der Waals surface area contributed by atoms with Crippen LogP contribution in [0.2, 0.25) is 0 Å². The van der Waals surface area contributed by atoms with E-state index in [2.05, 4.69) is 12.1 Å². The van der Waals surface area contributed by atoms with E-state index >= 15 is 0 Å². The van der Waals surface area contributed by atoms with Crippen LogP contribution in [0, 0.1) is 0 Å². The minimum Gasteiger partial charge on any atom is -0.391 e. The summed E-state index contributed by atoms with van der Waals surface area (Å²) in [5, 5.41) is 9.64. The van der Waals surface area contributed by atoms with Crippen LogP contribution >= 0.6 is 0 Å². The summed E-state index contributed by atoms with van der Waals surface area (Å²) in [7, 11) is 0. The number of hydrogen-bond acceptors (Lipinski definition) is 3. The van der Waals surface area contributed by atoms with Gasteiger partial charge in [0.2, 0.25) is 0 Å². The minimum atomic E-state index is -0.730. The SMILES string of the molecule is CC(=O)C(N)C(O)CCCCc1ccccc1. The number of benzene rings is 1. The number of ketones is 1. The van der Waals surface area contributed by atoms with Crippen molar-refractivity contribution in [1.82, 2.24) is 0 Å². The molecule has 1 aromatic carbocycles. The highest BCUT2D eigenvalue weighted by molar-refractivity contribution is 5.81. The summed E-state index contributed by atoms with van der Waals surface area (Å²) in [6, 6.07) is 9.51. The fourth-order valence-corrected chi connectivity index (χ4v) is 1.78. The van der Waals surface area contributed by atoms with Gasteiger partial charge in [-0.15, -0.1) is 0 Å². The van der Waals surface area contributed by atoms with E-state index in [9.17, 15) is 9.90 Å². The molecule has 0 saturated heterocycles. The number of carbonyl (C=O) groups is 1. The van der Waals surface area contributed by atoms with Crippen LogP contribution in [-0.2, 0) is 11.2 Å². The first-order valence-corrected chi connectivity index (χ1v) is 6.09. The summed E-state index contributed by atoms with van der Waals surface area (Å²) in [6.45, 7) is 1.41. The van der Waals surface area contributed by atoms with E-state index < -0.39 is 12.1 Å². The molecule has 0 saturated carbocycles. The maximum Gasteiger partial charge on any atom is 0.149 e. The molecule has 0 aliphatic rings. The van der Waals surface area contributed by atoms with Crippen molar-refractivity contribution in [3.05, 3.63) is 35.9 Å². The molecule has 0 heterocycles. The van der Waals surface area contributed by atoms with Crippen LogP contribution in [0.4, 0.5) is 0 Å². The molecule has 0 amide bonds. The normalized spacial score (nSPS) is 14.3. The summed E-state index contributed by atoms with van der Waals surface area (Å²) in [4.78, 5) is 11.0. The van der Waals surface area contributed by atoms with Gasteiger partial charge in [0.25, 0.3) is 0 Å². The number of rotatable bonds is 7. The molecule has 0 bridgehead atoms. The Kier molecular flexibility index (Phi) is 5.87. The highest BCUT2D eigenvalue weighted by atomic mass is 16.3. The van der Waals surface area contributed by atoms with Gasteiger partial charge in [0.15, 0.2) is 0 Å². The average molecular weight is 235 g/mol. The molecule has 0 aliphatic heterocycles. The van der Waals surface area contributed by atoms with E-state index in [0.717, 1.165) is 19.3 Å². The van der Waals surface area contributed by atoms with Gasteiger partial charge in [-0.3, -0.25) is 4.79 Å². The lowest BCUT2D eigenvalue weighted by Crippen LogP contribution is -2.40. The van der Waals surface area contributed by atoms with Crippen LogP contribution in [0.1, 0.15) is 31.7 Å². The number of aryl methyl sites for hydroxylation is 1. The van der Waals surface area contributed by atoms with E-state index in [1.54, 1.807) is 0 Å². The first kappa shape index (κ1) is 13.9. The second-order valence-electron chi connectivity index (χ2n) is 4.44. The van der Waals surface area contributed by atoms with Gasteiger partial charge in [-0.05, 0) is 31.7 Å². The Morgan fingerprint density at radius 1 is 1.29 bits per heavy atom. The van der Waals surface area contributed by atoms with Crippen molar-refractivity contribution in [1.29, 1.82) is 0 Å². The lowest BCUT2D eigenvalue weighted by molar-refractivity contribution is -0.120. The van der Waals surface area contributed by atoms with E-state index in [1.165, 1.54) is 12.5 Å². The monoisotopic (exact) mass is 235 g/mol. The third-order valence-corrected chi connectivity index (χ3v) is 2.94. The largest absolute Gasteiger partial charge is 0.391 e. The Morgan fingerprint density at radius 3 is 2.53 bits per heavy atom. The van der Waals surface area contributed by atoms with Gasteiger partial charge in [-0.1, -0.05) is 36.8 Å². The Bertz CT molecular complexity index is 337.